The van der Waals surface area contributed by atoms with Crippen molar-refractivity contribution in [2.24, 2.45) is 0 Å². The molecule has 0 saturated carbocycles. The lowest BCUT2D eigenvalue weighted by atomic mass is 10.2. The Labute approximate surface area is 53.8 Å². The van der Waals surface area contributed by atoms with Crippen molar-refractivity contribution in [3.05, 3.63) is 0 Å². The molecule has 0 aromatic heterocycles. The van der Waals surface area contributed by atoms with E-state index in [0.29, 0.717) is 11.0 Å². The van der Waals surface area contributed by atoms with Crippen LogP contribution in [0.15, 0.2) is 0 Å². The Balaban J connectivity index is 2.17. The predicted molar refractivity (Wildman–Crippen MR) is 36.2 cm³/mol. The molecule has 0 aromatic rings. The van der Waals surface area contributed by atoms with E-state index < -0.39 is 0 Å². The minimum Gasteiger partial charge on any atom is -0.298 e. The zero-order valence-corrected chi connectivity index (χ0v) is 5.83. The molecule has 0 spiro atoms. The van der Waals surface area contributed by atoms with E-state index in [1.165, 1.54) is 0 Å². The number of rotatable bonds is 2. The number of ketones is 1. The maximum absolute atomic E-state index is 10.6. The monoisotopic (exact) mass is 130 g/mol. The maximum Gasteiger partial charge on any atom is 0.155 e. The first-order valence-corrected chi connectivity index (χ1v) is 4.03. The molecule has 1 nitrogen and oxygen atoms in total. The molecule has 0 aromatic carbocycles. The number of carbonyl (C=O) groups is 1. The molecule has 1 saturated heterocycles. The molecular formula is C6H10OS. The van der Waals surface area contributed by atoms with Crippen molar-refractivity contribution >= 4 is 17.5 Å². The van der Waals surface area contributed by atoms with Gasteiger partial charge in [-0.25, -0.2) is 0 Å². The van der Waals surface area contributed by atoms with E-state index in [-0.39, 0.29) is 0 Å². The van der Waals surface area contributed by atoms with Gasteiger partial charge in [0.15, 0.2) is 5.78 Å². The number of Topliss-reactive ketones (excluding diaryl/α,β-unsaturated/α-hetero) is 1. The fraction of sp³-hybridized carbons (Fsp3) is 0.833. The second-order valence-electron chi connectivity index (χ2n) is 2.05. The number of thioether (sulfide) groups is 1. The Bertz CT molecular complexity index is 101. The summed E-state index contributed by atoms with van der Waals surface area (Å²) >= 11 is 1.79. The van der Waals surface area contributed by atoms with Gasteiger partial charge in [0.05, 0.1) is 11.0 Å². The van der Waals surface area contributed by atoms with E-state index in [1.807, 2.05) is 0 Å². The maximum atomic E-state index is 10.6. The smallest absolute Gasteiger partial charge is 0.155 e. The summed E-state index contributed by atoms with van der Waals surface area (Å²) in [6, 6.07) is 0. The Morgan fingerprint density at radius 3 is 2.75 bits per heavy atom. The highest BCUT2D eigenvalue weighted by Gasteiger charge is 2.27. The first-order valence-electron chi connectivity index (χ1n) is 2.99. The summed E-state index contributed by atoms with van der Waals surface area (Å²) in [6.07, 6.45) is 2.23. The van der Waals surface area contributed by atoms with Crippen LogP contribution in [0.4, 0.5) is 0 Å². The van der Waals surface area contributed by atoms with Gasteiger partial charge in [-0.05, 0) is 6.42 Å². The zero-order valence-electron chi connectivity index (χ0n) is 5.02. The number of hydrogen-bond acceptors (Lipinski definition) is 2. The quantitative estimate of drug-likeness (QED) is 0.563. The minimum atomic E-state index is 0.375. The van der Waals surface area contributed by atoms with E-state index in [4.69, 9.17) is 0 Å². The van der Waals surface area contributed by atoms with Gasteiger partial charge in [0, 0.05) is 0 Å². The summed E-state index contributed by atoms with van der Waals surface area (Å²) in [5, 5.41) is 0.375. The summed E-state index contributed by atoms with van der Waals surface area (Å²) in [5.41, 5.74) is 0. The van der Waals surface area contributed by atoms with Gasteiger partial charge >= 0.3 is 0 Å². The molecule has 8 heavy (non-hydrogen) atoms. The second-order valence-corrected chi connectivity index (χ2v) is 3.25. The fourth-order valence-electron chi connectivity index (χ4n) is 0.776. The summed E-state index contributed by atoms with van der Waals surface area (Å²) in [7, 11) is 0. The topological polar surface area (TPSA) is 17.1 Å². The van der Waals surface area contributed by atoms with Crippen LogP contribution in [0.25, 0.3) is 0 Å². The molecule has 0 aliphatic carbocycles. The third-order valence-electron chi connectivity index (χ3n) is 1.34. The lowest BCUT2D eigenvalue weighted by Crippen LogP contribution is -2.30. The van der Waals surface area contributed by atoms with Crippen LogP contribution in [0.2, 0.25) is 0 Å². The lowest BCUT2D eigenvalue weighted by Gasteiger charge is -2.21. The first-order chi connectivity index (χ1) is 3.84. The number of hydrogen-bond donors (Lipinski definition) is 0. The summed E-state index contributed by atoms with van der Waals surface area (Å²) in [5.74, 6) is 1.22. The van der Waals surface area contributed by atoms with Crippen LogP contribution in [-0.4, -0.2) is 16.8 Å². The largest absolute Gasteiger partial charge is 0.298 e. The third kappa shape index (κ3) is 1.05. The van der Waals surface area contributed by atoms with Crippen LogP contribution in [-0.2, 0) is 4.79 Å². The van der Waals surface area contributed by atoms with Crippen molar-refractivity contribution in [2.75, 3.05) is 5.75 Å². The van der Waals surface area contributed by atoms with Crippen LogP contribution in [0.3, 0.4) is 0 Å². The van der Waals surface area contributed by atoms with Gasteiger partial charge in [-0.3, -0.25) is 4.79 Å². The lowest BCUT2D eigenvalue weighted by molar-refractivity contribution is -0.117. The van der Waals surface area contributed by atoms with Crippen LogP contribution >= 0.6 is 11.8 Å². The molecule has 1 rings (SSSR count). The SMILES string of the molecule is CCCC1SCC1=O. The normalized spacial score (nSPS) is 27.6. The Kier molecular flexibility index (Phi) is 1.95. The Hall–Kier alpha value is 0.0200. The molecule has 2 heteroatoms. The molecule has 46 valence electrons. The molecule has 0 amide bonds. The van der Waals surface area contributed by atoms with Crippen LogP contribution in [0, 0.1) is 0 Å². The van der Waals surface area contributed by atoms with Crippen molar-refractivity contribution in [1.29, 1.82) is 0 Å². The van der Waals surface area contributed by atoms with Gasteiger partial charge in [0.1, 0.15) is 0 Å². The Morgan fingerprint density at radius 1 is 1.88 bits per heavy atom. The molecule has 1 aliphatic heterocycles. The van der Waals surface area contributed by atoms with Gasteiger partial charge in [0.25, 0.3) is 0 Å². The van der Waals surface area contributed by atoms with Crippen molar-refractivity contribution < 1.29 is 4.79 Å². The van der Waals surface area contributed by atoms with Crippen molar-refractivity contribution in [3.8, 4) is 0 Å². The Morgan fingerprint density at radius 2 is 2.62 bits per heavy atom. The van der Waals surface area contributed by atoms with E-state index in [9.17, 15) is 4.79 Å². The van der Waals surface area contributed by atoms with Crippen molar-refractivity contribution in [1.82, 2.24) is 0 Å². The average Bonchev–Trinajstić information content (AvgIpc) is 1.79. The van der Waals surface area contributed by atoms with Gasteiger partial charge in [-0.1, -0.05) is 13.3 Å². The zero-order chi connectivity index (χ0) is 5.98. The van der Waals surface area contributed by atoms with Crippen LogP contribution < -0.4 is 0 Å². The average molecular weight is 130 g/mol. The van der Waals surface area contributed by atoms with Gasteiger partial charge in [0.2, 0.25) is 0 Å². The van der Waals surface area contributed by atoms with Crippen molar-refractivity contribution in [3.63, 3.8) is 0 Å². The van der Waals surface area contributed by atoms with Gasteiger partial charge in [-0.15, -0.1) is 11.8 Å². The molecule has 0 bridgehead atoms. The highest BCUT2D eigenvalue weighted by atomic mass is 32.2. The molecule has 1 unspecified atom stereocenters. The highest BCUT2D eigenvalue weighted by molar-refractivity contribution is 8.03. The van der Waals surface area contributed by atoms with E-state index >= 15 is 0 Å². The molecule has 0 N–H and O–H groups in total. The molecule has 1 heterocycles. The summed E-state index contributed by atoms with van der Waals surface area (Å²) in [4.78, 5) is 10.6. The van der Waals surface area contributed by atoms with Crippen LogP contribution in [0.1, 0.15) is 19.8 Å². The third-order valence-corrected chi connectivity index (χ3v) is 2.69. The van der Waals surface area contributed by atoms with Gasteiger partial charge in [-0.2, -0.15) is 0 Å². The summed E-state index contributed by atoms with van der Waals surface area (Å²) in [6.45, 7) is 2.12. The minimum absolute atomic E-state index is 0.375. The fourth-order valence-corrected chi connectivity index (χ4v) is 1.72. The molecule has 1 aliphatic rings. The van der Waals surface area contributed by atoms with E-state index in [0.717, 1.165) is 18.6 Å². The molecule has 0 radical (unpaired) electrons. The number of carbonyl (C=O) groups excluding carboxylic acids is 1. The second kappa shape index (κ2) is 2.53. The standard InChI is InChI=1S/C6H10OS/c1-2-3-6-5(7)4-8-6/h6H,2-4H2,1H3. The van der Waals surface area contributed by atoms with Crippen molar-refractivity contribution in [2.45, 2.75) is 25.0 Å². The molecule has 1 atom stereocenters. The molecular weight excluding hydrogens is 120 g/mol. The van der Waals surface area contributed by atoms with E-state index in [2.05, 4.69) is 6.92 Å². The van der Waals surface area contributed by atoms with Gasteiger partial charge < -0.3 is 0 Å². The first kappa shape index (κ1) is 6.14. The van der Waals surface area contributed by atoms with Crippen LogP contribution in [0.5, 0.6) is 0 Å². The molecule has 1 fully saturated rings. The summed E-state index contributed by atoms with van der Waals surface area (Å²) < 4.78 is 0. The highest BCUT2D eigenvalue weighted by Crippen LogP contribution is 2.27. The van der Waals surface area contributed by atoms with E-state index in [1.54, 1.807) is 11.8 Å². The predicted octanol–water partition coefficient (Wildman–Crippen LogP) is 1.47.